The van der Waals surface area contributed by atoms with Crippen molar-refractivity contribution in [3.05, 3.63) is 64.7 Å². The van der Waals surface area contributed by atoms with Gasteiger partial charge in [-0.2, -0.15) is 0 Å². The highest BCUT2D eigenvalue weighted by atomic mass is 35.5. The summed E-state index contributed by atoms with van der Waals surface area (Å²) in [4.78, 5) is 2.18. The van der Waals surface area contributed by atoms with Crippen LogP contribution in [0.25, 0.3) is 0 Å². The number of para-hydroxylation sites is 1. The van der Waals surface area contributed by atoms with E-state index in [1.807, 2.05) is 36.4 Å². The summed E-state index contributed by atoms with van der Waals surface area (Å²) in [7, 11) is 2.05. The van der Waals surface area contributed by atoms with Gasteiger partial charge < -0.3 is 10.0 Å². The Bertz CT molecular complexity index is 553. The third-order valence-corrected chi connectivity index (χ3v) is 3.77. The van der Waals surface area contributed by atoms with Crippen LogP contribution >= 0.6 is 11.6 Å². The molecular formula is C17H20ClNO. The Morgan fingerprint density at radius 3 is 2.40 bits per heavy atom. The highest BCUT2D eigenvalue weighted by Gasteiger charge is 2.10. The number of nitrogens with zero attached hydrogens (tertiary/aromatic N) is 1. The van der Waals surface area contributed by atoms with Gasteiger partial charge in [-0.15, -0.1) is 0 Å². The Kier molecular flexibility index (Phi) is 5.05. The third kappa shape index (κ3) is 3.75. The first-order valence-corrected chi connectivity index (χ1v) is 7.16. The topological polar surface area (TPSA) is 23.5 Å². The number of aliphatic hydroxyl groups excluding tert-OH is 1. The molecule has 0 aromatic heterocycles. The maximum atomic E-state index is 10.2. The van der Waals surface area contributed by atoms with Crippen LogP contribution < -0.4 is 4.90 Å². The fourth-order valence-electron chi connectivity index (χ4n) is 2.28. The number of aliphatic hydroxyl groups is 1. The van der Waals surface area contributed by atoms with Crippen LogP contribution in [-0.2, 0) is 0 Å². The van der Waals surface area contributed by atoms with Crippen molar-refractivity contribution in [2.75, 3.05) is 18.5 Å². The van der Waals surface area contributed by atoms with E-state index in [0.717, 1.165) is 12.1 Å². The Balaban J connectivity index is 1.95. The fraction of sp³-hybridized carbons (Fsp3) is 0.294. The zero-order valence-corrected chi connectivity index (χ0v) is 12.6. The van der Waals surface area contributed by atoms with Crippen LogP contribution in [0.15, 0.2) is 48.5 Å². The Morgan fingerprint density at radius 1 is 1.10 bits per heavy atom. The molecule has 0 saturated heterocycles. The second-order valence-electron chi connectivity index (χ2n) is 5.06. The summed E-state index contributed by atoms with van der Waals surface area (Å²) in [6, 6.07) is 15.6. The van der Waals surface area contributed by atoms with Gasteiger partial charge in [-0.05, 0) is 42.7 Å². The van der Waals surface area contributed by atoms with Crippen LogP contribution in [0.4, 0.5) is 5.69 Å². The minimum absolute atomic E-state index is 0.460. The Morgan fingerprint density at radius 2 is 1.75 bits per heavy atom. The van der Waals surface area contributed by atoms with Crippen molar-refractivity contribution < 1.29 is 5.11 Å². The second-order valence-corrected chi connectivity index (χ2v) is 5.50. The van der Waals surface area contributed by atoms with Gasteiger partial charge in [0.1, 0.15) is 0 Å². The number of hydrogen-bond donors (Lipinski definition) is 1. The maximum absolute atomic E-state index is 10.2. The Labute approximate surface area is 125 Å². The lowest BCUT2D eigenvalue weighted by atomic mass is 10.1. The van der Waals surface area contributed by atoms with Crippen LogP contribution in [0.5, 0.6) is 0 Å². The molecule has 0 heterocycles. The van der Waals surface area contributed by atoms with Gasteiger partial charge in [0.2, 0.25) is 0 Å². The van der Waals surface area contributed by atoms with E-state index in [1.165, 1.54) is 11.3 Å². The summed E-state index contributed by atoms with van der Waals surface area (Å²) >= 11 is 5.85. The van der Waals surface area contributed by atoms with Crippen LogP contribution in [0.1, 0.15) is 23.7 Å². The smallest absolute Gasteiger partial charge is 0.0806 e. The van der Waals surface area contributed by atoms with Crippen LogP contribution in [0.3, 0.4) is 0 Å². The predicted octanol–water partition coefficient (Wildman–Crippen LogP) is 4.21. The minimum atomic E-state index is -0.460. The van der Waals surface area contributed by atoms with E-state index in [1.54, 1.807) is 0 Å². The lowest BCUT2D eigenvalue weighted by Crippen LogP contribution is -2.21. The molecule has 0 spiro atoms. The van der Waals surface area contributed by atoms with Gasteiger partial charge in [-0.25, -0.2) is 0 Å². The first-order chi connectivity index (χ1) is 9.58. The van der Waals surface area contributed by atoms with E-state index in [0.29, 0.717) is 11.4 Å². The zero-order valence-electron chi connectivity index (χ0n) is 11.9. The molecule has 0 bridgehead atoms. The van der Waals surface area contributed by atoms with Gasteiger partial charge in [-0.1, -0.05) is 41.9 Å². The molecule has 3 heteroatoms. The second kappa shape index (κ2) is 6.78. The molecule has 0 fully saturated rings. The highest BCUT2D eigenvalue weighted by Crippen LogP contribution is 2.22. The number of aryl methyl sites for hydroxylation is 1. The van der Waals surface area contributed by atoms with Crippen molar-refractivity contribution in [3.63, 3.8) is 0 Å². The van der Waals surface area contributed by atoms with Crippen LogP contribution in [0, 0.1) is 6.92 Å². The lowest BCUT2D eigenvalue weighted by molar-refractivity contribution is 0.170. The van der Waals surface area contributed by atoms with Crippen molar-refractivity contribution in [2.45, 2.75) is 19.4 Å². The molecule has 2 rings (SSSR count). The van der Waals surface area contributed by atoms with E-state index in [9.17, 15) is 5.11 Å². The van der Waals surface area contributed by atoms with Gasteiger partial charge in [0.15, 0.2) is 0 Å². The molecule has 0 aliphatic carbocycles. The van der Waals surface area contributed by atoms with Crippen molar-refractivity contribution >= 4 is 17.3 Å². The maximum Gasteiger partial charge on any atom is 0.0806 e. The molecule has 106 valence electrons. The molecule has 0 aliphatic rings. The summed E-state index contributed by atoms with van der Waals surface area (Å²) in [6.45, 7) is 2.90. The third-order valence-electron chi connectivity index (χ3n) is 3.52. The van der Waals surface area contributed by atoms with E-state index in [4.69, 9.17) is 11.6 Å². The molecule has 1 atom stereocenters. The average molecular weight is 290 g/mol. The standard InChI is InChI=1S/C17H20ClNO/c1-13-5-3-4-6-16(13)19(2)12-11-17(20)14-7-9-15(18)10-8-14/h3-10,17,20H,11-12H2,1-2H3. The van der Waals surface area contributed by atoms with Gasteiger partial charge in [0.25, 0.3) is 0 Å². The first kappa shape index (κ1) is 14.9. The molecule has 0 saturated carbocycles. The summed E-state index contributed by atoms with van der Waals surface area (Å²) in [5.41, 5.74) is 3.36. The molecule has 20 heavy (non-hydrogen) atoms. The molecular weight excluding hydrogens is 270 g/mol. The Hall–Kier alpha value is -1.51. The van der Waals surface area contributed by atoms with Gasteiger partial charge >= 0.3 is 0 Å². The van der Waals surface area contributed by atoms with E-state index >= 15 is 0 Å². The van der Waals surface area contributed by atoms with Crippen molar-refractivity contribution in [2.24, 2.45) is 0 Å². The normalized spacial score (nSPS) is 12.2. The average Bonchev–Trinajstić information content (AvgIpc) is 2.45. The van der Waals surface area contributed by atoms with Gasteiger partial charge in [-0.3, -0.25) is 0 Å². The number of hydrogen-bond acceptors (Lipinski definition) is 2. The minimum Gasteiger partial charge on any atom is -0.388 e. The molecule has 1 unspecified atom stereocenters. The molecule has 0 amide bonds. The monoisotopic (exact) mass is 289 g/mol. The number of halogens is 1. The molecule has 0 aliphatic heterocycles. The SMILES string of the molecule is Cc1ccccc1N(C)CCC(O)c1ccc(Cl)cc1. The summed E-state index contributed by atoms with van der Waals surface area (Å²) in [6.07, 6.45) is 0.227. The molecule has 2 aromatic rings. The van der Waals surface area contributed by atoms with E-state index in [-0.39, 0.29) is 0 Å². The molecule has 0 radical (unpaired) electrons. The quantitative estimate of drug-likeness (QED) is 0.891. The molecule has 1 N–H and O–H groups in total. The number of anilines is 1. The summed E-state index contributed by atoms with van der Waals surface area (Å²) in [5.74, 6) is 0. The highest BCUT2D eigenvalue weighted by molar-refractivity contribution is 6.30. The van der Waals surface area contributed by atoms with E-state index < -0.39 is 6.10 Å². The lowest BCUT2D eigenvalue weighted by Gasteiger charge is -2.23. The van der Waals surface area contributed by atoms with Gasteiger partial charge in [0.05, 0.1) is 6.10 Å². The van der Waals surface area contributed by atoms with E-state index in [2.05, 4.69) is 31.0 Å². The van der Waals surface area contributed by atoms with Crippen molar-refractivity contribution in [1.82, 2.24) is 0 Å². The summed E-state index contributed by atoms with van der Waals surface area (Å²) in [5, 5.41) is 10.9. The molecule has 2 nitrogen and oxygen atoms in total. The van der Waals surface area contributed by atoms with Crippen LogP contribution in [0.2, 0.25) is 5.02 Å². The zero-order chi connectivity index (χ0) is 14.5. The van der Waals surface area contributed by atoms with Crippen molar-refractivity contribution in [3.8, 4) is 0 Å². The van der Waals surface area contributed by atoms with Crippen molar-refractivity contribution in [1.29, 1.82) is 0 Å². The van der Waals surface area contributed by atoms with Crippen LogP contribution in [-0.4, -0.2) is 18.7 Å². The first-order valence-electron chi connectivity index (χ1n) is 6.78. The molecule has 2 aromatic carbocycles. The summed E-state index contributed by atoms with van der Waals surface area (Å²) < 4.78 is 0. The largest absolute Gasteiger partial charge is 0.388 e. The van der Waals surface area contributed by atoms with Gasteiger partial charge in [0, 0.05) is 24.3 Å². The fourth-order valence-corrected chi connectivity index (χ4v) is 2.41. The number of rotatable bonds is 5. The predicted molar refractivity (Wildman–Crippen MR) is 85.5 cm³/mol. The number of benzene rings is 2.